The Morgan fingerprint density at radius 3 is 2.86 bits per heavy atom. The number of carbonyl (C=O) groups is 2. The van der Waals surface area contributed by atoms with Crippen molar-refractivity contribution in [2.45, 2.75) is 40.0 Å². The van der Waals surface area contributed by atoms with Gasteiger partial charge in [-0.15, -0.1) is 0 Å². The number of hydrogen-bond donors (Lipinski definition) is 0. The van der Waals surface area contributed by atoms with Crippen LogP contribution in [0.1, 0.15) is 40.0 Å². The van der Waals surface area contributed by atoms with Crippen LogP contribution >= 0.6 is 0 Å². The van der Waals surface area contributed by atoms with Crippen LogP contribution in [0.3, 0.4) is 0 Å². The molecule has 0 saturated heterocycles. The Labute approximate surface area is 84.8 Å². The van der Waals surface area contributed by atoms with Crippen molar-refractivity contribution in [2.75, 3.05) is 6.61 Å². The third-order valence-corrected chi connectivity index (χ3v) is 3.03. The fourth-order valence-corrected chi connectivity index (χ4v) is 2.05. The van der Waals surface area contributed by atoms with E-state index in [1.807, 2.05) is 6.92 Å². The second kappa shape index (κ2) is 4.11. The Kier molecular flexibility index (Phi) is 3.29. The van der Waals surface area contributed by atoms with Crippen LogP contribution in [0.2, 0.25) is 0 Å². The van der Waals surface area contributed by atoms with Crippen molar-refractivity contribution < 1.29 is 14.3 Å². The highest BCUT2D eigenvalue weighted by Crippen LogP contribution is 2.36. The van der Waals surface area contributed by atoms with E-state index in [0.29, 0.717) is 13.0 Å². The summed E-state index contributed by atoms with van der Waals surface area (Å²) in [4.78, 5) is 23.5. The summed E-state index contributed by atoms with van der Waals surface area (Å²) in [5.41, 5.74) is -0.881. The van der Waals surface area contributed by atoms with Gasteiger partial charge in [0.25, 0.3) is 0 Å². The van der Waals surface area contributed by atoms with Crippen molar-refractivity contribution in [2.24, 2.45) is 11.3 Å². The van der Waals surface area contributed by atoms with Gasteiger partial charge in [0.2, 0.25) is 0 Å². The minimum absolute atomic E-state index is 0.00171. The number of carbonyl (C=O) groups excluding carboxylic acids is 2. The molecular formula is C11H18O3. The lowest BCUT2D eigenvalue weighted by Crippen LogP contribution is -2.43. The van der Waals surface area contributed by atoms with E-state index in [-0.39, 0.29) is 17.7 Å². The van der Waals surface area contributed by atoms with Gasteiger partial charge in [0.05, 0.1) is 6.61 Å². The Morgan fingerprint density at radius 1 is 1.64 bits per heavy atom. The molecule has 1 rings (SSSR count). The number of ether oxygens (including phenoxy) is 1. The van der Waals surface area contributed by atoms with Crippen molar-refractivity contribution in [3.05, 3.63) is 0 Å². The van der Waals surface area contributed by atoms with Gasteiger partial charge in [0, 0.05) is 5.92 Å². The van der Waals surface area contributed by atoms with Crippen LogP contribution in [0.15, 0.2) is 0 Å². The van der Waals surface area contributed by atoms with E-state index in [2.05, 4.69) is 0 Å². The van der Waals surface area contributed by atoms with Gasteiger partial charge in [-0.3, -0.25) is 9.59 Å². The first-order chi connectivity index (χ1) is 6.52. The highest BCUT2D eigenvalue weighted by molar-refractivity contribution is 6.04. The molecular weight excluding hydrogens is 180 g/mol. The molecule has 3 heteroatoms. The third-order valence-electron chi connectivity index (χ3n) is 3.03. The number of Topliss-reactive ketones (excluding diaryl/α,β-unsaturated/α-hetero) is 1. The predicted octanol–water partition coefficient (Wildman–Crippen LogP) is 1.94. The molecule has 1 aliphatic rings. The predicted molar refractivity (Wildman–Crippen MR) is 52.8 cm³/mol. The van der Waals surface area contributed by atoms with Gasteiger partial charge in [0.15, 0.2) is 5.78 Å². The number of hydrogen-bond acceptors (Lipinski definition) is 3. The van der Waals surface area contributed by atoms with Gasteiger partial charge in [0.1, 0.15) is 5.41 Å². The van der Waals surface area contributed by atoms with Crippen molar-refractivity contribution in [1.29, 1.82) is 0 Å². The molecule has 0 spiro atoms. The number of ketones is 1. The highest BCUT2D eigenvalue weighted by Gasteiger charge is 2.46. The Balaban J connectivity index is 2.80. The summed E-state index contributed by atoms with van der Waals surface area (Å²) in [6.07, 6.45) is 2.46. The van der Waals surface area contributed by atoms with Crippen LogP contribution in [0.25, 0.3) is 0 Å². The third kappa shape index (κ3) is 1.81. The summed E-state index contributed by atoms with van der Waals surface area (Å²) in [6.45, 7) is 5.70. The molecule has 80 valence electrons. The largest absolute Gasteiger partial charge is 0.465 e. The minimum Gasteiger partial charge on any atom is -0.465 e. The van der Waals surface area contributed by atoms with Crippen molar-refractivity contribution in [1.82, 2.24) is 0 Å². The van der Waals surface area contributed by atoms with Crippen LogP contribution in [-0.2, 0) is 14.3 Å². The zero-order chi connectivity index (χ0) is 10.8. The first-order valence-corrected chi connectivity index (χ1v) is 5.24. The van der Waals surface area contributed by atoms with Crippen LogP contribution < -0.4 is 0 Å². The molecule has 0 N–H and O–H groups in total. The topological polar surface area (TPSA) is 43.4 Å². The monoisotopic (exact) mass is 198 g/mol. The zero-order valence-electron chi connectivity index (χ0n) is 9.13. The van der Waals surface area contributed by atoms with Gasteiger partial charge in [-0.2, -0.15) is 0 Å². The van der Waals surface area contributed by atoms with Crippen molar-refractivity contribution in [3.8, 4) is 0 Å². The van der Waals surface area contributed by atoms with Gasteiger partial charge < -0.3 is 4.74 Å². The van der Waals surface area contributed by atoms with Gasteiger partial charge in [-0.05, 0) is 26.7 Å². The van der Waals surface area contributed by atoms with Crippen LogP contribution in [0, 0.1) is 11.3 Å². The lowest BCUT2D eigenvalue weighted by atomic mass is 9.70. The first kappa shape index (κ1) is 11.2. The van der Waals surface area contributed by atoms with Crippen LogP contribution in [-0.4, -0.2) is 18.4 Å². The molecule has 0 radical (unpaired) electrons. The molecule has 3 nitrogen and oxygen atoms in total. The summed E-state index contributed by atoms with van der Waals surface area (Å²) in [5, 5.41) is 0. The van der Waals surface area contributed by atoms with E-state index in [9.17, 15) is 9.59 Å². The molecule has 0 bridgehead atoms. The molecule has 0 aromatic rings. The van der Waals surface area contributed by atoms with Crippen molar-refractivity contribution in [3.63, 3.8) is 0 Å². The molecule has 1 fully saturated rings. The lowest BCUT2D eigenvalue weighted by Gasteiger charge is -2.32. The van der Waals surface area contributed by atoms with E-state index >= 15 is 0 Å². The fraction of sp³-hybridized carbons (Fsp3) is 0.818. The molecule has 2 atom stereocenters. The molecule has 0 heterocycles. The van der Waals surface area contributed by atoms with E-state index < -0.39 is 5.41 Å². The molecule has 0 amide bonds. The second-order valence-electron chi connectivity index (χ2n) is 4.21. The normalized spacial score (nSPS) is 32.8. The van der Waals surface area contributed by atoms with Crippen molar-refractivity contribution >= 4 is 11.8 Å². The average molecular weight is 198 g/mol. The number of esters is 1. The maximum Gasteiger partial charge on any atom is 0.319 e. The molecule has 0 unspecified atom stereocenters. The SMILES string of the molecule is CCOC(=O)[C@]1(C)CCC[C@H](C)C1=O. The number of rotatable bonds is 2. The minimum atomic E-state index is -0.881. The summed E-state index contributed by atoms with van der Waals surface area (Å²) in [6, 6.07) is 0. The Hall–Kier alpha value is -0.860. The smallest absolute Gasteiger partial charge is 0.319 e. The van der Waals surface area contributed by atoms with Gasteiger partial charge in [-0.1, -0.05) is 13.3 Å². The van der Waals surface area contributed by atoms with E-state index in [0.717, 1.165) is 12.8 Å². The Bertz CT molecular complexity index is 247. The quantitative estimate of drug-likeness (QED) is 0.503. The summed E-state index contributed by atoms with van der Waals surface area (Å²) >= 11 is 0. The second-order valence-corrected chi connectivity index (χ2v) is 4.21. The molecule has 0 aromatic carbocycles. The summed E-state index contributed by atoms with van der Waals surface area (Å²) in [5.74, 6) is -0.308. The first-order valence-electron chi connectivity index (χ1n) is 5.24. The summed E-state index contributed by atoms with van der Waals surface area (Å²) < 4.78 is 4.94. The average Bonchev–Trinajstić information content (AvgIpc) is 2.14. The molecule has 1 aliphatic carbocycles. The lowest BCUT2D eigenvalue weighted by molar-refractivity contribution is -0.162. The van der Waals surface area contributed by atoms with E-state index in [1.165, 1.54) is 0 Å². The van der Waals surface area contributed by atoms with E-state index in [4.69, 9.17) is 4.74 Å². The maximum atomic E-state index is 11.9. The van der Waals surface area contributed by atoms with Gasteiger partial charge in [-0.25, -0.2) is 0 Å². The molecule has 0 aromatic heterocycles. The fourth-order valence-electron chi connectivity index (χ4n) is 2.05. The maximum absolute atomic E-state index is 11.9. The van der Waals surface area contributed by atoms with Crippen LogP contribution in [0.4, 0.5) is 0 Å². The zero-order valence-corrected chi connectivity index (χ0v) is 9.13. The molecule has 14 heavy (non-hydrogen) atoms. The molecule has 0 aliphatic heterocycles. The van der Waals surface area contributed by atoms with E-state index in [1.54, 1.807) is 13.8 Å². The van der Waals surface area contributed by atoms with Gasteiger partial charge >= 0.3 is 5.97 Å². The molecule has 1 saturated carbocycles. The standard InChI is InChI=1S/C11H18O3/c1-4-14-10(13)11(3)7-5-6-8(2)9(11)12/h8H,4-7H2,1-3H3/t8-,11+/m0/s1. The Morgan fingerprint density at radius 2 is 2.29 bits per heavy atom. The van der Waals surface area contributed by atoms with Crippen LogP contribution in [0.5, 0.6) is 0 Å². The summed E-state index contributed by atoms with van der Waals surface area (Å²) in [7, 11) is 0. The highest BCUT2D eigenvalue weighted by atomic mass is 16.5.